The number of hydrogen-bond donors (Lipinski definition) is 0. The molecule has 2 fully saturated rings. The molecule has 4 aliphatic heterocycles. The van der Waals surface area contributed by atoms with Gasteiger partial charge in [0.1, 0.15) is 36.9 Å². The third kappa shape index (κ3) is 7.75. The van der Waals surface area contributed by atoms with E-state index in [1.54, 1.807) is 0 Å². The zero-order valence-electron chi connectivity index (χ0n) is 26.7. The molecule has 4 heterocycles. The van der Waals surface area contributed by atoms with E-state index in [0.29, 0.717) is 52.6 Å². The standard InChI is InChI=1S/C34H44N4O8/c1-3-35-15-13-27-29(35)7-5-9-31(27)43-23-25-21-37(17-19-41-25)45-33(39)11-12-34(40)46-38-18-20-42-26(22-38)24-44-32-10-6-8-30-28(32)14-16-36(30)4-2/h5-12,25-26H,3-4,13-24H2,1-2H3/b12-11-. The minimum absolute atomic E-state index is 0.262. The molecule has 0 aliphatic carbocycles. The van der Waals surface area contributed by atoms with Crippen molar-refractivity contribution >= 4 is 23.3 Å². The van der Waals surface area contributed by atoms with Crippen LogP contribution in [0.3, 0.4) is 0 Å². The van der Waals surface area contributed by atoms with Crippen LogP contribution in [0, 0.1) is 0 Å². The van der Waals surface area contributed by atoms with Crippen LogP contribution in [0.1, 0.15) is 25.0 Å². The predicted molar refractivity (Wildman–Crippen MR) is 171 cm³/mol. The summed E-state index contributed by atoms with van der Waals surface area (Å²) >= 11 is 0. The Balaban J connectivity index is 0.914. The molecular formula is C34H44N4O8. The minimum atomic E-state index is -0.663. The number of nitrogens with zero attached hydrogens (tertiary/aromatic N) is 4. The summed E-state index contributed by atoms with van der Waals surface area (Å²) in [4.78, 5) is 40.6. The van der Waals surface area contributed by atoms with Gasteiger partial charge in [-0.05, 0) is 51.0 Å². The largest absolute Gasteiger partial charge is 0.490 e. The number of fused-ring (bicyclic) bond motifs is 2. The molecule has 0 N–H and O–H groups in total. The maximum atomic E-state index is 12.5. The number of carbonyl (C=O) groups is 2. The molecule has 0 spiro atoms. The van der Waals surface area contributed by atoms with Crippen LogP contribution in [0.25, 0.3) is 0 Å². The first-order valence-corrected chi connectivity index (χ1v) is 16.3. The van der Waals surface area contributed by atoms with E-state index in [0.717, 1.165) is 62.7 Å². The van der Waals surface area contributed by atoms with Gasteiger partial charge in [-0.25, -0.2) is 9.59 Å². The summed E-state index contributed by atoms with van der Waals surface area (Å²) in [5, 5.41) is 3.08. The molecule has 248 valence electrons. The number of rotatable bonds is 12. The van der Waals surface area contributed by atoms with Gasteiger partial charge in [0.15, 0.2) is 0 Å². The van der Waals surface area contributed by atoms with Gasteiger partial charge in [-0.3, -0.25) is 0 Å². The lowest BCUT2D eigenvalue weighted by atomic mass is 10.1. The normalized spacial score (nSPS) is 21.7. The van der Waals surface area contributed by atoms with E-state index in [4.69, 9.17) is 28.6 Å². The molecule has 2 aromatic carbocycles. The summed E-state index contributed by atoms with van der Waals surface area (Å²) in [6, 6.07) is 12.3. The van der Waals surface area contributed by atoms with Crippen molar-refractivity contribution < 1.29 is 38.2 Å². The Kier molecular flexibility index (Phi) is 10.6. The van der Waals surface area contributed by atoms with Crippen LogP contribution in [0.15, 0.2) is 48.6 Å². The van der Waals surface area contributed by atoms with Crippen molar-refractivity contribution in [2.75, 3.05) is 88.6 Å². The first-order valence-electron chi connectivity index (χ1n) is 16.3. The number of morpholine rings is 2. The molecule has 12 heteroatoms. The lowest BCUT2D eigenvalue weighted by Gasteiger charge is -2.31. The molecule has 0 aromatic heterocycles. The van der Waals surface area contributed by atoms with E-state index in [1.165, 1.54) is 32.6 Å². The molecule has 2 saturated heterocycles. The Morgan fingerprint density at radius 3 is 1.61 bits per heavy atom. The fraction of sp³-hybridized carbons (Fsp3) is 0.529. The smallest absolute Gasteiger partial charge is 0.349 e. The number of carbonyl (C=O) groups excluding carboxylic acids is 2. The maximum Gasteiger partial charge on any atom is 0.349 e. The van der Waals surface area contributed by atoms with Crippen LogP contribution in [0.2, 0.25) is 0 Å². The third-order valence-electron chi connectivity index (χ3n) is 8.77. The zero-order valence-corrected chi connectivity index (χ0v) is 26.7. The maximum absolute atomic E-state index is 12.5. The zero-order chi connectivity index (χ0) is 31.9. The van der Waals surface area contributed by atoms with Crippen molar-refractivity contribution in [3.63, 3.8) is 0 Å². The van der Waals surface area contributed by atoms with Gasteiger partial charge in [-0.15, -0.1) is 10.1 Å². The highest BCUT2D eigenvalue weighted by molar-refractivity contribution is 5.91. The van der Waals surface area contributed by atoms with E-state index in [1.807, 2.05) is 24.3 Å². The van der Waals surface area contributed by atoms with E-state index >= 15 is 0 Å². The lowest BCUT2D eigenvalue weighted by molar-refractivity contribution is -0.214. The Bertz CT molecular complexity index is 1300. The van der Waals surface area contributed by atoms with Crippen LogP contribution in [-0.2, 0) is 41.6 Å². The summed E-state index contributed by atoms with van der Waals surface area (Å²) in [6.45, 7) is 11.3. The van der Waals surface area contributed by atoms with Crippen molar-refractivity contribution in [2.24, 2.45) is 0 Å². The van der Waals surface area contributed by atoms with Gasteiger partial charge < -0.3 is 38.4 Å². The molecule has 2 aromatic rings. The molecular weight excluding hydrogens is 592 g/mol. The number of benzene rings is 2. The predicted octanol–water partition coefficient (Wildman–Crippen LogP) is 2.78. The van der Waals surface area contributed by atoms with Gasteiger partial charge in [0, 0.05) is 60.8 Å². The average Bonchev–Trinajstić information content (AvgIpc) is 3.70. The van der Waals surface area contributed by atoms with E-state index in [2.05, 4.69) is 35.8 Å². The van der Waals surface area contributed by atoms with Crippen molar-refractivity contribution in [3.8, 4) is 11.5 Å². The van der Waals surface area contributed by atoms with Gasteiger partial charge in [-0.1, -0.05) is 12.1 Å². The van der Waals surface area contributed by atoms with Crippen molar-refractivity contribution in [1.82, 2.24) is 10.1 Å². The van der Waals surface area contributed by atoms with Crippen LogP contribution in [0.4, 0.5) is 11.4 Å². The number of hydrogen-bond acceptors (Lipinski definition) is 12. The lowest BCUT2D eigenvalue weighted by Crippen LogP contribution is -2.45. The summed E-state index contributed by atoms with van der Waals surface area (Å²) in [6.07, 6.45) is 3.54. The third-order valence-corrected chi connectivity index (χ3v) is 8.77. The van der Waals surface area contributed by atoms with Gasteiger partial charge >= 0.3 is 11.9 Å². The van der Waals surface area contributed by atoms with Crippen molar-refractivity contribution in [3.05, 3.63) is 59.7 Å². The highest BCUT2D eigenvalue weighted by Crippen LogP contribution is 2.36. The Morgan fingerprint density at radius 2 is 1.17 bits per heavy atom. The molecule has 2 unspecified atom stereocenters. The quantitative estimate of drug-likeness (QED) is 0.320. The summed E-state index contributed by atoms with van der Waals surface area (Å²) in [7, 11) is 0. The van der Waals surface area contributed by atoms with Crippen molar-refractivity contribution in [1.29, 1.82) is 0 Å². The summed E-state index contributed by atoms with van der Waals surface area (Å²) < 4.78 is 24.0. The van der Waals surface area contributed by atoms with Gasteiger partial charge in [-0.2, -0.15) is 0 Å². The topological polar surface area (TPSA) is 102 Å². The Labute approximate surface area is 270 Å². The highest BCUT2D eigenvalue weighted by atomic mass is 16.7. The number of hydroxylamine groups is 4. The fourth-order valence-electron chi connectivity index (χ4n) is 6.43. The molecule has 12 nitrogen and oxygen atoms in total. The molecule has 46 heavy (non-hydrogen) atoms. The second-order valence-electron chi connectivity index (χ2n) is 11.7. The van der Waals surface area contributed by atoms with Crippen molar-refractivity contribution in [2.45, 2.75) is 38.9 Å². The van der Waals surface area contributed by atoms with E-state index < -0.39 is 11.9 Å². The van der Waals surface area contributed by atoms with Crippen LogP contribution < -0.4 is 19.3 Å². The molecule has 0 amide bonds. The molecule has 4 aliphatic rings. The highest BCUT2D eigenvalue weighted by Gasteiger charge is 2.28. The minimum Gasteiger partial charge on any atom is -0.490 e. The SMILES string of the molecule is CCN1CCc2c(OCC3CN(OC(=O)/C=C\C(=O)ON4CCOC(COc5cccc6c5CCN6CC)C4)CCO3)cccc21. The summed E-state index contributed by atoms with van der Waals surface area (Å²) in [5.41, 5.74) is 4.89. The average molecular weight is 637 g/mol. The number of anilines is 2. The van der Waals surface area contributed by atoms with Crippen LogP contribution >= 0.6 is 0 Å². The Morgan fingerprint density at radius 1 is 0.717 bits per heavy atom. The summed E-state index contributed by atoms with van der Waals surface area (Å²) in [5.74, 6) is 0.415. The molecule has 2 atom stereocenters. The van der Waals surface area contributed by atoms with E-state index in [-0.39, 0.29) is 12.2 Å². The van der Waals surface area contributed by atoms with Gasteiger partial charge in [0.2, 0.25) is 0 Å². The van der Waals surface area contributed by atoms with Gasteiger partial charge in [0.05, 0.1) is 39.4 Å². The monoisotopic (exact) mass is 636 g/mol. The molecule has 6 rings (SSSR count). The first kappa shape index (κ1) is 32.1. The second kappa shape index (κ2) is 15.2. The first-order chi connectivity index (χ1) is 22.5. The molecule has 0 bridgehead atoms. The number of likely N-dealkylation sites (N-methyl/N-ethyl adjacent to an activating group) is 2. The van der Waals surface area contributed by atoms with Crippen LogP contribution in [0.5, 0.6) is 11.5 Å². The second-order valence-corrected chi connectivity index (χ2v) is 11.7. The van der Waals surface area contributed by atoms with Gasteiger partial charge in [0.25, 0.3) is 0 Å². The Hall–Kier alpha value is -3.84. The fourth-order valence-corrected chi connectivity index (χ4v) is 6.43. The van der Waals surface area contributed by atoms with E-state index in [9.17, 15) is 9.59 Å². The molecule has 0 saturated carbocycles. The number of ether oxygens (including phenoxy) is 4. The van der Waals surface area contributed by atoms with Crippen LogP contribution in [-0.4, -0.2) is 113 Å². The molecule has 0 radical (unpaired) electrons.